The van der Waals surface area contributed by atoms with E-state index in [1.165, 1.54) is 12.1 Å². The van der Waals surface area contributed by atoms with Gasteiger partial charge in [-0.1, -0.05) is 36.4 Å². The summed E-state index contributed by atoms with van der Waals surface area (Å²) in [5, 5.41) is 0. The molecule has 6 nitrogen and oxygen atoms in total. The van der Waals surface area contributed by atoms with E-state index in [1.54, 1.807) is 36.4 Å². The molecule has 0 aromatic heterocycles. The zero-order valence-corrected chi connectivity index (χ0v) is 15.4. The summed E-state index contributed by atoms with van der Waals surface area (Å²) in [6.07, 6.45) is -0.0463. The molecule has 0 bridgehead atoms. The van der Waals surface area contributed by atoms with Crippen LogP contribution in [0, 0.1) is 0 Å². The fourth-order valence-corrected chi connectivity index (χ4v) is 3.76. The molecule has 0 spiro atoms. The molecule has 0 radical (unpaired) electrons. The van der Waals surface area contributed by atoms with Gasteiger partial charge in [0.2, 0.25) is 0 Å². The summed E-state index contributed by atoms with van der Waals surface area (Å²) in [5.74, 6) is -1.99. The first-order valence-corrected chi connectivity index (χ1v) is 9.08. The summed E-state index contributed by atoms with van der Waals surface area (Å²) in [4.78, 5) is 52.1. The molecule has 146 valence electrons. The van der Waals surface area contributed by atoms with Crippen LogP contribution in [0.4, 0.5) is 4.39 Å². The van der Waals surface area contributed by atoms with Crippen molar-refractivity contribution in [1.82, 2.24) is 9.80 Å². The molecule has 0 N–H and O–H groups in total. The number of nitrogens with zero attached hydrogens (tertiary/aromatic N) is 2. The van der Waals surface area contributed by atoms with E-state index in [4.69, 9.17) is 0 Å². The van der Waals surface area contributed by atoms with Gasteiger partial charge in [-0.2, -0.15) is 0 Å². The molecule has 1 unspecified atom stereocenters. The molecule has 1 atom stereocenters. The highest BCUT2D eigenvalue weighted by Gasteiger charge is 2.40. The van der Waals surface area contributed by atoms with Gasteiger partial charge in [0.05, 0.1) is 34.8 Å². The highest BCUT2D eigenvalue weighted by molar-refractivity contribution is 6.22. The second kappa shape index (κ2) is 7.09. The predicted octanol–water partition coefficient (Wildman–Crippen LogP) is 2.86. The van der Waals surface area contributed by atoms with Crippen LogP contribution in [0.15, 0.2) is 60.7 Å². The zero-order valence-electron chi connectivity index (χ0n) is 15.4. The van der Waals surface area contributed by atoms with Crippen LogP contribution in [0.1, 0.15) is 47.9 Å². The van der Waals surface area contributed by atoms with Crippen molar-refractivity contribution in [3.63, 3.8) is 0 Å². The average Bonchev–Trinajstić information content (AvgIpc) is 3.13. The lowest BCUT2D eigenvalue weighted by Crippen LogP contribution is -2.42. The molecule has 0 fully saturated rings. The molecule has 0 saturated carbocycles. The minimum Gasteiger partial charge on any atom is -0.270 e. The van der Waals surface area contributed by atoms with Gasteiger partial charge in [0, 0.05) is 0 Å². The molecule has 2 heterocycles. The number of fused-ring (bicyclic) bond motifs is 2. The van der Waals surface area contributed by atoms with Gasteiger partial charge < -0.3 is 0 Å². The monoisotopic (exact) mass is 392 g/mol. The summed E-state index contributed by atoms with van der Waals surface area (Å²) >= 11 is 0. The van der Waals surface area contributed by atoms with Crippen LogP contribution < -0.4 is 0 Å². The molecular weight excluding hydrogens is 375 g/mol. The number of benzene rings is 2. The molecule has 2 aromatic rings. The van der Waals surface area contributed by atoms with Gasteiger partial charge >= 0.3 is 0 Å². The largest absolute Gasteiger partial charge is 0.270 e. The van der Waals surface area contributed by atoms with Crippen molar-refractivity contribution in [2.75, 3.05) is 13.2 Å². The average molecular weight is 392 g/mol. The van der Waals surface area contributed by atoms with Crippen molar-refractivity contribution in [3.05, 3.63) is 82.9 Å². The lowest BCUT2D eigenvalue weighted by atomic mass is 10.1. The third kappa shape index (κ3) is 2.95. The Morgan fingerprint density at radius 3 is 1.62 bits per heavy atom. The van der Waals surface area contributed by atoms with Crippen LogP contribution in [0.3, 0.4) is 0 Å². The standard InChI is InChI=1S/C22H17FN2O4/c1-13(12-24-19(26)15-6-2-3-7-16(15)20(24)27)10-14(11-23)25-21(28)17-8-4-5-9-18(17)22(25)29/h2-9,14H,1,10-12H2. The topological polar surface area (TPSA) is 74.8 Å². The van der Waals surface area contributed by atoms with Crippen LogP contribution in [0.2, 0.25) is 0 Å². The molecule has 29 heavy (non-hydrogen) atoms. The van der Waals surface area contributed by atoms with Gasteiger partial charge in [-0.3, -0.25) is 29.0 Å². The summed E-state index contributed by atoms with van der Waals surface area (Å²) in [6.45, 7) is 2.79. The van der Waals surface area contributed by atoms with Crippen LogP contribution in [0.5, 0.6) is 0 Å². The number of rotatable bonds is 6. The molecule has 2 aromatic carbocycles. The maximum Gasteiger partial charge on any atom is 0.261 e. The van der Waals surface area contributed by atoms with Crippen molar-refractivity contribution >= 4 is 23.6 Å². The lowest BCUT2D eigenvalue weighted by Gasteiger charge is -2.25. The maximum absolute atomic E-state index is 13.8. The van der Waals surface area contributed by atoms with Crippen molar-refractivity contribution in [3.8, 4) is 0 Å². The van der Waals surface area contributed by atoms with Gasteiger partial charge in [-0.15, -0.1) is 0 Å². The zero-order chi connectivity index (χ0) is 20.7. The number of carbonyl (C=O) groups excluding carboxylic acids is 4. The highest BCUT2D eigenvalue weighted by atomic mass is 19.1. The van der Waals surface area contributed by atoms with Gasteiger partial charge in [-0.05, 0) is 30.7 Å². The first-order chi connectivity index (χ1) is 13.9. The number of hydrogen-bond acceptors (Lipinski definition) is 4. The van der Waals surface area contributed by atoms with E-state index in [0.29, 0.717) is 16.7 Å². The van der Waals surface area contributed by atoms with Crippen molar-refractivity contribution in [2.24, 2.45) is 0 Å². The molecular formula is C22H17FN2O4. The molecule has 0 aliphatic carbocycles. The Bertz CT molecular complexity index is 1010. The summed E-state index contributed by atoms with van der Waals surface area (Å²) in [5.41, 5.74) is 1.47. The van der Waals surface area contributed by atoms with Crippen LogP contribution in [-0.2, 0) is 0 Å². The Hall–Kier alpha value is -3.61. The van der Waals surface area contributed by atoms with Gasteiger partial charge in [0.25, 0.3) is 23.6 Å². The minimum atomic E-state index is -1.05. The predicted molar refractivity (Wildman–Crippen MR) is 102 cm³/mol. The van der Waals surface area contributed by atoms with E-state index in [9.17, 15) is 23.6 Å². The molecule has 4 rings (SSSR count). The Morgan fingerprint density at radius 1 is 0.793 bits per heavy atom. The Morgan fingerprint density at radius 2 is 1.21 bits per heavy atom. The number of amides is 4. The smallest absolute Gasteiger partial charge is 0.261 e. The van der Waals surface area contributed by atoms with E-state index >= 15 is 0 Å². The van der Waals surface area contributed by atoms with E-state index < -0.39 is 36.3 Å². The number of halogens is 1. The first kappa shape index (κ1) is 18.7. The summed E-state index contributed by atoms with van der Waals surface area (Å²) in [7, 11) is 0. The third-order valence-corrected chi connectivity index (χ3v) is 5.15. The summed E-state index contributed by atoms with van der Waals surface area (Å²) in [6, 6.07) is 11.8. The minimum absolute atomic E-state index is 0.0463. The fraction of sp³-hybridized carbons (Fsp3) is 0.182. The first-order valence-electron chi connectivity index (χ1n) is 9.08. The van der Waals surface area contributed by atoms with Gasteiger partial charge in [-0.25, -0.2) is 4.39 Å². The summed E-state index contributed by atoms with van der Waals surface area (Å²) < 4.78 is 13.8. The number of hydrogen-bond donors (Lipinski definition) is 0. The third-order valence-electron chi connectivity index (χ3n) is 5.15. The van der Waals surface area contributed by atoms with Gasteiger partial charge in [0.1, 0.15) is 6.67 Å². The van der Waals surface area contributed by atoms with E-state index in [1.807, 2.05) is 0 Å². The number of alkyl halides is 1. The van der Waals surface area contributed by atoms with Crippen LogP contribution >= 0.6 is 0 Å². The van der Waals surface area contributed by atoms with Crippen molar-refractivity contribution in [2.45, 2.75) is 12.5 Å². The Labute approximate surface area is 166 Å². The van der Waals surface area contributed by atoms with Crippen LogP contribution in [-0.4, -0.2) is 52.7 Å². The molecule has 0 saturated heterocycles. The van der Waals surface area contributed by atoms with E-state index in [2.05, 4.69) is 6.58 Å². The Kier molecular flexibility index (Phi) is 4.58. The Balaban J connectivity index is 1.49. The normalized spacial score (nSPS) is 16.3. The van der Waals surface area contributed by atoms with E-state index in [-0.39, 0.29) is 24.1 Å². The maximum atomic E-state index is 13.8. The number of imide groups is 2. The highest BCUT2D eigenvalue weighted by Crippen LogP contribution is 2.28. The lowest BCUT2D eigenvalue weighted by molar-refractivity contribution is 0.0548. The quantitative estimate of drug-likeness (QED) is 0.560. The molecule has 2 aliphatic heterocycles. The second-order valence-corrected chi connectivity index (χ2v) is 7.03. The fourth-order valence-electron chi connectivity index (χ4n) is 3.76. The molecule has 4 amide bonds. The van der Waals surface area contributed by atoms with Crippen molar-refractivity contribution < 1.29 is 23.6 Å². The molecule has 2 aliphatic rings. The molecule has 7 heteroatoms. The SMILES string of the molecule is C=C(CC(CF)N1C(=O)c2ccccc2C1=O)CN1C(=O)c2ccccc2C1=O. The van der Waals surface area contributed by atoms with Crippen molar-refractivity contribution in [1.29, 1.82) is 0 Å². The number of carbonyl (C=O) groups is 4. The van der Waals surface area contributed by atoms with Gasteiger partial charge in [0.15, 0.2) is 0 Å². The van der Waals surface area contributed by atoms with E-state index in [0.717, 1.165) is 9.80 Å². The van der Waals surface area contributed by atoms with Crippen LogP contribution in [0.25, 0.3) is 0 Å². The second-order valence-electron chi connectivity index (χ2n) is 7.03.